The molecule has 1 nitrogen and oxygen atoms in total. The summed E-state index contributed by atoms with van der Waals surface area (Å²) in [6.07, 6.45) is 0. The van der Waals surface area contributed by atoms with Gasteiger partial charge >= 0.3 is 0 Å². The van der Waals surface area contributed by atoms with Gasteiger partial charge in [0, 0.05) is 27.8 Å². The molecule has 1 heterocycles. The van der Waals surface area contributed by atoms with E-state index in [1.807, 2.05) is 0 Å². The quantitative estimate of drug-likeness (QED) is 0.139. The minimum atomic E-state index is -0.136. The van der Waals surface area contributed by atoms with Crippen LogP contribution in [0.3, 0.4) is 0 Å². The lowest BCUT2D eigenvalue weighted by Crippen LogP contribution is -2.04. The standard InChI is InChI=1S/C63H42O/c1-3-16-42(17-4-1)43-34-36-46(37-35-43)55-30-14-31-58-59-32-15-33-60(63(59)64-62(55)58)61(49-24-11-22-47(40-49)52-29-13-21-45-20-7-8-26-51(45)52)50-25-12-23-48(41-50)54-39-38-53(44-18-5-2-6-19-44)56-27-9-10-28-57(54)56/h1-41,61H. The molecule has 1 aromatic heterocycles. The molecule has 0 radical (unpaired) electrons. The summed E-state index contributed by atoms with van der Waals surface area (Å²) < 4.78 is 7.21. The van der Waals surface area contributed by atoms with Crippen molar-refractivity contribution in [3.05, 3.63) is 265 Å². The molecule has 0 spiro atoms. The largest absolute Gasteiger partial charge is 0.455 e. The minimum absolute atomic E-state index is 0.136. The van der Waals surface area contributed by atoms with Gasteiger partial charge in [0.15, 0.2) is 0 Å². The lowest BCUT2D eigenvalue weighted by atomic mass is 9.82. The van der Waals surface area contributed by atoms with Crippen molar-refractivity contribution in [2.45, 2.75) is 5.92 Å². The Kier molecular flexibility index (Phi) is 9.31. The molecular weight excluding hydrogens is 773 g/mol. The van der Waals surface area contributed by atoms with Crippen LogP contribution in [0.25, 0.3) is 99.1 Å². The van der Waals surface area contributed by atoms with Crippen molar-refractivity contribution in [3.8, 4) is 55.6 Å². The molecular formula is C63H42O. The first kappa shape index (κ1) is 37.5. The van der Waals surface area contributed by atoms with Crippen molar-refractivity contribution < 1.29 is 4.42 Å². The molecule has 1 heteroatoms. The number of hydrogen-bond acceptors (Lipinski definition) is 1. The van der Waals surface area contributed by atoms with Crippen LogP contribution in [0, 0.1) is 0 Å². The van der Waals surface area contributed by atoms with Crippen LogP contribution >= 0.6 is 0 Å². The van der Waals surface area contributed by atoms with E-state index in [1.165, 1.54) is 77.2 Å². The maximum atomic E-state index is 7.21. The number of fused-ring (bicyclic) bond motifs is 5. The Bertz CT molecular complexity index is 3650. The van der Waals surface area contributed by atoms with Crippen molar-refractivity contribution in [1.82, 2.24) is 0 Å². The summed E-state index contributed by atoms with van der Waals surface area (Å²) in [5, 5.41) is 7.19. The first-order valence-corrected chi connectivity index (χ1v) is 22.1. The first-order valence-electron chi connectivity index (χ1n) is 22.1. The van der Waals surface area contributed by atoms with E-state index in [2.05, 4.69) is 249 Å². The van der Waals surface area contributed by atoms with E-state index in [0.717, 1.165) is 38.6 Å². The number of furan rings is 1. The van der Waals surface area contributed by atoms with Gasteiger partial charge in [-0.1, -0.05) is 249 Å². The van der Waals surface area contributed by atoms with Gasteiger partial charge < -0.3 is 4.42 Å². The summed E-state index contributed by atoms with van der Waals surface area (Å²) in [5.74, 6) is -0.136. The summed E-state index contributed by atoms with van der Waals surface area (Å²) in [6.45, 7) is 0. The highest BCUT2D eigenvalue weighted by atomic mass is 16.3. The zero-order valence-corrected chi connectivity index (χ0v) is 35.2. The number of hydrogen-bond donors (Lipinski definition) is 0. The smallest absolute Gasteiger partial charge is 0.143 e. The van der Waals surface area contributed by atoms with Crippen molar-refractivity contribution in [3.63, 3.8) is 0 Å². The fraction of sp³-hybridized carbons (Fsp3) is 0.0159. The molecule has 0 aliphatic heterocycles. The van der Waals surface area contributed by atoms with Crippen LogP contribution in [0.4, 0.5) is 0 Å². The summed E-state index contributed by atoms with van der Waals surface area (Å²) in [7, 11) is 0. The molecule has 1 atom stereocenters. The average Bonchev–Trinajstić information content (AvgIpc) is 3.77. The number of benzene rings is 11. The van der Waals surface area contributed by atoms with Gasteiger partial charge in [-0.25, -0.2) is 0 Å². The summed E-state index contributed by atoms with van der Waals surface area (Å²) >= 11 is 0. The van der Waals surface area contributed by atoms with Crippen LogP contribution in [-0.2, 0) is 0 Å². The molecule has 0 fully saturated rings. The van der Waals surface area contributed by atoms with Crippen LogP contribution in [-0.4, -0.2) is 0 Å². The van der Waals surface area contributed by atoms with Gasteiger partial charge in [-0.05, 0) is 82.7 Å². The molecule has 0 bridgehead atoms. The van der Waals surface area contributed by atoms with Gasteiger partial charge in [0.05, 0.1) is 0 Å². The second-order valence-electron chi connectivity index (χ2n) is 16.7. The normalized spacial score (nSPS) is 12.0. The van der Waals surface area contributed by atoms with Crippen LogP contribution in [0.5, 0.6) is 0 Å². The van der Waals surface area contributed by atoms with E-state index in [1.54, 1.807) is 0 Å². The average molecular weight is 815 g/mol. The lowest BCUT2D eigenvalue weighted by Gasteiger charge is -2.21. The van der Waals surface area contributed by atoms with Gasteiger partial charge in [-0.2, -0.15) is 0 Å². The maximum absolute atomic E-state index is 7.21. The van der Waals surface area contributed by atoms with Gasteiger partial charge in [-0.15, -0.1) is 0 Å². The minimum Gasteiger partial charge on any atom is -0.455 e. The van der Waals surface area contributed by atoms with E-state index in [9.17, 15) is 0 Å². The molecule has 0 N–H and O–H groups in total. The monoisotopic (exact) mass is 814 g/mol. The van der Waals surface area contributed by atoms with Crippen LogP contribution in [0.15, 0.2) is 253 Å². The third-order valence-electron chi connectivity index (χ3n) is 13.0. The molecule has 64 heavy (non-hydrogen) atoms. The van der Waals surface area contributed by atoms with Gasteiger partial charge in [0.1, 0.15) is 11.2 Å². The molecule has 0 amide bonds. The van der Waals surface area contributed by atoms with Crippen molar-refractivity contribution in [1.29, 1.82) is 0 Å². The fourth-order valence-electron chi connectivity index (χ4n) is 9.99. The highest BCUT2D eigenvalue weighted by Crippen LogP contribution is 2.45. The molecule has 12 rings (SSSR count). The number of para-hydroxylation sites is 2. The zero-order chi connectivity index (χ0) is 42.4. The molecule has 11 aromatic carbocycles. The van der Waals surface area contributed by atoms with E-state index < -0.39 is 0 Å². The van der Waals surface area contributed by atoms with Crippen LogP contribution in [0.1, 0.15) is 22.6 Å². The molecule has 12 aromatic rings. The lowest BCUT2D eigenvalue weighted by molar-refractivity contribution is 0.662. The highest BCUT2D eigenvalue weighted by molar-refractivity contribution is 6.11. The van der Waals surface area contributed by atoms with E-state index in [-0.39, 0.29) is 5.92 Å². The van der Waals surface area contributed by atoms with Crippen molar-refractivity contribution >= 4 is 43.5 Å². The molecule has 1 unspecified atom stereocenters. The SMILES string of the molecule is c1ccc(-c2ccc(-c3cccc4c3oc3c(C(c5cccc(-c6cccc7ccccc67)c5)c5cccc(-c6ccc(-c7ccccc7)c7ccccc67)c5)cccc34)cc2)cc1. The molecule has 300 valence electrons. The maximum Gasteiger partial charge on any atom is 0.143 e. The Morgan fingerprint density at radius 2 is 0.672 bits per heavy atom. The Balaban J connectivity index is 1.04. The molecule has 0 saturated heterocycles. The second-order valence-corrected chi connectivity index (χ2v) is 16.7. The topological polar surface area (TPSA) is 13.1 Å². The Labute approximate surface area is 373 Å². The van der Waals surface area contributed by atoms with Crippen molar-refractivity contribution in [2.75, 3.05) is 0 Å². The Morgan fingerprint density at radius 1 is 0.250 bits per heavy atom. The first-order chi connectivity index (χ1) is 31.7. The summed E-state index contributed by atoms with van der Waals surface area (Å²) in [6, 6.07) is 90.3. The third kappa shape index (κ3) is 6.58. The van der Waals surface area contributed by atoms with Gasteiger partial charge in [0.2, 0.25) is 0 Å². The Hall–Kier alpha value is -8.26. The van der Waals surface area contributed by atoms with Gasteiger partial charge in [-0.3, -0.25) is 0 Å². The van der Waals surface area contributed by atoms with E-state index >= 15 is 0 Å². The van der Waals surface area contributed by atoms with Gasteiger partial charge in [0.25, 0.3) is 0 Å². The fourth-order valence-corrected chi connectivity index (χ4v) is 9.99. The summed E-state index contributed by atoms with van der Waals surface area (Å²) in [5.41, 5.74) is 17.2. The van der Waals surface area contributed by atoms with E-state index in [0.29, 0.717) is 0 Å². The third-order valence-corrected chi connectivity index (χ3v) is 13.0. The Morgan fingerprint density at radius 3 is 1.36 bits per heavy atom. The molecule has 0 aliphatic carbocycles. The number of rotatable bonds is 8. The second kappa shape index (κ2) is 15.9. The molecule has 0 aliphatic rings. The zero-order valence-electron chi connectivity index (χ0n) is 35.2. The summed E-state index contributed by atoms with van der Waals surface area (Å²) in [4.78, 5) is 0. The predicted molar refractivity (Wildman–Crippen MR) is 270 cm³/mol. The van der Waals surface area contributed by atoms with Crippen LogP contribution < -0.4 is 0 Å². The van der Waals surface area contributed by atoms with Crippen molar-refractivity contribution in [2.24, 2.45) is 0 Å². The van der Waals surface area contributed by atoms with E-state index in [4.69, 9.17) is 4.42 Å². The van der Waals surface area contributed by atoms with Crippen LogP contribution in [0.2, 0.25) is 0 Å². The molecule has 0 saturated carbocycles. The highest BCUT2D eigenvalue weighted by Gasteiger charge is 2.25. The predicted octanol–water partition coefficient (Wildman–Crippen LogP) is 17.4.